The lowest BCUT2D eigenvalue weighted by molar-refractivity contribution is 0.562. The minimum absolute atomic E-state index is 0.345. The standard InChI is InChI=1S/C16H20NO2S2/c1-4-20(15-8-6-5-7-9-15)17(3)21(18,19)16-12-10-14(2)11-13-16/h5-13H,4H2,1-3H3/q+1. The number of nitrogens with zero attached hydrogens (tertiary/aromatic N) is 1. The Morgan fingerprint density at radius 1 is 1.00 bits per heavy atom. The van der Waals surface area contributed by atoms with Crippen LogP contribution in [0.4, 0.5) is 0 Å². The molecule has 0 aliphatic carbocycles. The molecule has 0 N–H and O–H groups in total. The van der Waals surface area contributed by atoms with Crippen molar-refractivity contribution in [2.45, 2.75) is 23.6 Å². The molecule has 5 heteroatoms. The van der Waals surface area contributed by atoms with Crippen molar-refractivity contribution in [1.29, 1.82) is 0 Å². The Balaban J connectivity index is 2.36. The van der Waals surface area contributed by atoms with Gasteiger partial charge in [-0.25, -0.2) is 8.42 Å². The highest BCUT2D eigenvalue weighted by Gasteiger charge is 2.36. The van der Waals surface area contributed by atoms with E-state index in [9.17, 15) is 8.42 Å². The van der Waals surface area contributed by atoms with Crippen LogP contribution >= 0.6 is 0 Å². The maximum absolute atomic E-state index is 12.7. The average Bonchev–Trinajstić information content (AvgIpc) is 2.49. The number of rotatable bonds is 5. The van der Waals surface area contributed by atoms with Gasteiger partial charge >= 0.3 is 0 Å². The maximum atomic E-state index is 12.7. The monoisotopic (exact) mass is 322 g/mol. The summed E-state index contributed by atoms with van der Waals surface area (Å²) in [5, 5.41) is 0. The van der Waals surface area contributed by atoms with Crippen molar-refractivity contribution in [2.75, 3.05) is 12.8 Å². The number of hydrogen-bond acceptors (Lipinski definition) is 2. The molecule has 0 saturated heterocycles. The lowest BCUT2D eigenvalue weighted by Crippen LogP contribution is -2.34. The first-order valence-electron chi connectivity index (χ1n) is 6.78. The Bertz CT molecular complexity index is 682. The summed E-state index contributed by atoms with van der Waals surface area (Å²) < 4.78 is 27.0. The predicted octanol–water partition coefficient (Wildman–Crippen LogP) is 3.23. The van der Waals surface area contributed by atoms with Crippen molar-refractivity contribution in [3.8, 4) is 0 Å². The molecule has 0 fully saturated rings. The number of benzene rings is 2. The third-order valence-corrected chi connectivity index (χ3v) is 7.91. The zero-order valence-corrected chi connectivity index (χ0v) is 14.1. The van der Waals surface area contributed by atoms with Gasteiger partial charge in [0.15, 0.2) is 4.90 Å². The van der Waals surface area contributed by atoms with E-state index < -0.39 is 21.1 Å². The molecule has 3 nitrogen and oxygen atoms in total. The fraction of sp³-hybridized carbons (Fsp3) is 0.250. The molecule has 2 aromatic carbocycles. The van der Waals surface area contributed by atoms with Gasteiger partial charge in [-0.2, -0.15) is 0 Å². The lowest BCUT2D eigenvalue weighted by Gasteiger charge is -2.17. The Labute approximate surface area is 130 Å². The molecular weight excluding hydrogens is 302 g/mol. The van der Waals surface area contributed by atoms with Crippen molar-refractivity contribution < 1.29 is 8.42 Å². The quantitative estimate of drug-likeness (QED) is 0.793. The van der Waals surface area contributed by atoms with E-state index in [1.807, 2.05) is 56.3 Å². The van der Waals surface area contributed by atoms with E-state index in [4.69, 9.17) is 0 Å². The van der Waals surface area contributed by atoms with Crippen molar-refractivity contribution in [1.82, 2.24) is 3.71 Å². The summed E-state index contributed by atoms with van der Waals surface area (Å²) in [4.78, 5) is 1.38. The van der Waals surface area contributed by atoms with Gasteiger partial charge in [-0.15, -0.1) is 0 Å². The van der Waals surface area contributed by atoms with Gasteiger partial charge in [-0.1, -0.05) is 35.9 Å². The average molecular weight is 322 g/mol. The van der Waals surface area contributed by atoms with Crippen molar-refractivity contribution in [3.63, 3.8) is 0 Å². The molecule has 0 radical (unpaired) electrons. The first-order valence-corrected chi connectivity index (χ1v) is 9.57. The van der Waals surface area contributed by atoms with E-state index in [0.29, 0.717) is 4.90 Å². The van der Waals surface area contributed by atoms with E-state index in [0.717, 1.165) is 16.2 Å². The first-order chi connectivity index (χ1) is 9.96. The van der Waals surface area contributed by atoms with E-state index in [1.165, 1.54) is 3.71 Å². The van der Waals surface area contributed by atoms with E-state index in [-0.39, 0.29) is 0 Å². The third kappa shape index (κ3) is 3.48. The molecule has 112 valence electrons. The van der Waals surface area contributed by atoms with Gasteiger partial charge in [0.05, 0.1) is 11.9 Å². The minimum Gasteiger partial charge on any atom is -0.203 e. The SMILES string of the molecule is CC[S+](c1ccccc1)N(C)S(=O)(=O)c1ccc(C)cc1. The molecule has 0 saturated carbocycles. The van der Waals surface area contributed by atoms with Crippen LogP contribution in [0.15, 0.2) is 64.4 Å². The second kappa shape index (κ2) is 6.64. The topological polar surface area (TPSA) is 37.4 Å². The van der Waals surface area contributed by atoms with Gasteiger partial charge in [0.1, 0.15) is 16.8 Å². The second-order valence-corrected chi connectivity index (χ2v) is 9.22. The van der Waals surface area contributed by atoms with Crippen LogP contribution in [0.2, 0.25) is 0 Å². The van der Waals surface area contributed by atoms with Gasteiger partial charge in [-0.05, 0) is 41.8 Å². The predicted molar refractivity (Wildman–Crippen MR) is 88.7 cm³/mol. The van der Waals surface area contributed by atoms with Gasteiger partial charge < -0.3 is 0 Å². The third-order valence-electron chi connectivity index (χ3n) is 3.26. The molecule has 1 atom stereocenters. The van der Waals surface area contributed by atoms with Crippen LogP contribution in [0.5, 0.6) is 0 Å². The van der Waals surface area contributed by atoms with Gasteiger partial charge in [0.2, 0.25) is 0 Å². The zero-order valence-electron chi connectivity index (χ0n) is 12.5. The van der Waals surface area contributed by atoms with Crippen LogP contribution in [0.1, 0.15) is 12.5 Å². The number of sulfonamides is 1. The first kappa shape index (κ1) is 16.1. The molecule has 0 amide bonds. The lowest BCUT2D eigenvalue weighted by atomic mass is 10.2. The van der Waals surface area contributed by atoms with E-state index in [2.05, 4.69) is 0 Å². The summed E-state index contributed by atoms with van der Waals surface area (Å²) in [6, 6.07) is 16.8. The zero-order chi connectivity index (χ0) is 15.5. The molecule has 0 spiro atoms. The minimum atomic E-state index is -3.47. The van der Waals surface area contributed by atoms with E-state index >= 15 is 0 Å². The summed E-state index contributed by atoms with van der Waals surface area (Å²) in [6.07, 6.45) is 0. The van der Waals surface area contributed by atoms with Gasteiger partial charge in [0, 0.05) is 0 Å². The Kier molecular flexibility index (Phi) is 5.08. The van der Waals surface area contributed by atoms with Crippen LogP contribution in [-0.2, 0) is 21.1 Å². The second-order valence-electron chi connectivity index (χ2n) is 4.69. The summed E-state index contributed by atoms with van der Waals surface area (Å²) in [6.45, 7) is 3.96. The Morgan fingerprint density at radius 2 is 1.57 bits per heavy atom. The molecule has 0 bridgehead atoms. The van der Waals surface area contributed by atoms with Crippen LogP contribution in [0.25, 0.3) is 0 Å². The number of hydrogen-bond donors (Lipinski definition) is 0. The normalized spacial score (nSPS) is 13.3. The molecule has 2 aromatic rings. The molecule has 0 aliphatic rings. The molecule has 0 aromatic heterocycles. The van der Waals surface area contributed by atoms with Crippen LogP contribution in [-0.4, -0.2) is 24.9 Å². The smallest absolute Gasteiger partial charge is 0.203 e. The Morgan fingerprint density at radius 3 is 2.10 bits per heavy atom. The van der Waals surface area contributed by atoms with Crippen LogP contribution in [0.3, 0.4) is 0 Å². The van der Waals surface area contributed by atoms with Crippen molar-refractivity contribution in [2.24, 2.45) is 0 Å². The van der Waals surface area contributed by atoms with Gasteiger partial charge in [-0.3, -0.25) is 0 Å². The molecule has 21 heavy (non-hydrogen) atoms. The molecule has 2 rings (SSSR count). The molecule has 0 heterocycles. The van der Waals surface area contributed by atoms with Crippen LogP contribution in [0, 0.1) is 6.92 Å². The maximum Gasteiger partial charge on any atom is 0.282 e. The fourth-order valence-corrected chi connectivity index (χ4v) is 6.07. The molecule has 1 unspecified atom stereocenters. The largest absolute Gasteiger partial charge is 0.282 e. The highest BCUT2D eigenvalue weighted by atomic mass is 32.3. The van der Waals surface area contributed by atoms with Crippen molar-refractivity contribution in [3.05, 3.63) is 60.2 Å². The highest BCUT2D eigenvalue weighted by molar-refractivity contribution is 8.06. The number of aryl methyl sites for hydroxylation is 1. The van der Waals surface area contributed by atoms with Gasteiger partial charge in [0.25, 0.3) is 10.0 Å². The fourth-order valence-electron chi connectivity index (χ4n) is 2.05. The summed E-state index contributed by atoms with van der Waals surface area (Å²) in [5.41, 5.74) is 1.05. The summed E-state index contributed by atoms with van der Waals surface area (Å²) in [5.74, 6) is 0.756. The summed E-state index contributed by atoms with van der Waals surface area (Å²) >= 11 is -0.469. The highest BCUT2D eigenvalue weighted by Crippen LogP contribution is 2.24. The molecule has 0 aliphatic heterocycles. The Hall–Kier alpha value is -1.30. The van der Waals surface area contributed by atoms with E-state index in [1.54, 1.807) is 19.2 Å². The summed E-state index contributed by atoms with van der Waals surface area (Å²) in [7, 11) is -1.81. The molecular formula is C16H20NO2S2+. The van der Waals surface area contributed by atoms with Crippen LogP contribution < -0.4 is 0 Å². The van der Waals surface area contributed by atoms with Crippen molar-refractivity contribution >= 4 is 21.1 Å².